The third kappa shape index (κ3) is 3.33. The lowest BCUT2D eigenvalue weighted by atomic mass is 10.3. The molecule has 0 aromatic carbocycles. The van der Waals surface area contributed by atoms with E-state index in [4.69, 9.17) is 5.73 Å². The topological polar surface area (TPSA) is 26.0 Å². The predicted molar refractivity (Wildman–Crippen MR) is 63.6 cm³/mol. The first-order valence-corrected chi connectivity index (χ1v) is 6.52. The summed E-state index contributed by atoms with van der Waals surface area (Å²) in [6.07, 6.45) is 1.23. The fraction of sp³-hybridized carbons (Fsp3) is 0.600. The predicted octanol–water partition coefficient (Wildman–Crippen LogP) is 3.20. The maximum Gasteiger partial charge on any atom is 0.0513 e. The maximum atomic E-state index is 5.74. The number of thiophene rings is 1. The summed E-state index contributed by atoms with van der Waals surface area (Å²) in [5, 5.41) is 0.513. The van der Waals surface area contributed by atoms with E-state index in [1.807, 2.05) is 23.1 Å². The van der Waals surface area contributed by atoms with E-state index in [9.17, 15) is 0 Å². The van der Waals surface area contributed by atoms with Crippen molar-refractivity contribution in [2.75, 3.05) is 12.3 Å². The molecule has 1 atom stereocenters. The van der Waals surface area contributed by atoms with Crippen LogP contribution in [0.4, 0.5) is 0 Å². The van der Waals surface area contributed by atoms with E-state index in [0.29, 0.717) is 5.25 Å². The number of aryl methyl sites for hydroxylation is 1. The average Bonchev–Trinajstić information content (AvgIpc) is 2.54. The molecule has 0 spiro atoms. The molecule has 1 aromatic heterocycles. The summed E-state index contributed by atoms with van der Waals surface area (Å²) in [5.74, 6) is 1.21. The molecule has 0 aliphatic rings. The molecule has 0 aliphatic heterocycles. The number of thioether (sulfide) groups is 1. The third-order valence-electron chi connectivity index (χ3n) is 1.82. The third-order valence-corrected chi connectivity index (χ3v) is 4.57. The molecule has 0 aliphatic carbocycles. The molecule has 2 N–H and O–H groups in total. The molecule has 0 saturated heterocycles. The minimum atomic E-state index is 0.513. The normalized spacial score (nSPS) is 13.2. The van der Waals surface area contributed by atoms with Gasteiger partial charge in [-0.2, -0.15) is 11.8 Å². The van der Waals surface area contributed by atoms with Crippen LogP contribution < -0.4 is 5.73 Å². The Bertz CT molecular complexity index is 245. The van der Waals surface area contributed by atoms with E-state index < -0.39 is 0 Å². The van der Waals surface area contributed by atoms with Crippen molar-refractivity contribution in [1.82, 2.24) is 0 Å². The summed E-state index contributed by atoms with van der Waals surface area (Å²) in [4.78, 5) is 2.81. The van der Waals surface area contributed by atoms with E-state index in [1.54, 1.807) is 0 Å². The molecule has 1 nitrogen and oxygen atoms in total. The Balaban J connectivity index is 2.56. The van der Waals surface area contributed by atoms with Crippen LogP contribution in [0.3, 0.4) is 0 Å². The lowest BCUT2D eigenvalue weighted by Gasteiger charge is -2.11. The standard InChI is InChI=1S/C10H17NS2/c1-3-6-12-10(7-11)9-5-4-8(2)13-9/h4-5,10H,3,6-7,11H2,1-2H3. The van der Waals surface area contributed by atoms with Crippen LogP contribution in [-0.4, -0.2) is 12.3 Å². The Morgan fingerprint density at radius 2 is 2.31 bits per heavy atom. The Kier molecular flexibility index (Phi) is 4.84. The van der Waals surface area contributed by atoms with Crippen LogP contribution in [0.2, 0.25) is 0 Å². The zero-order valence-electron chi connectivity index (χ0n) is 8.25. The Morgan fingerprint density at radius 1 is 1.54 bits per heavy atom. The van der Waals surface area contributed by atoms with Crippen molar-refractivity contribution < 1.29 is 0 Å². The van der Waals surface area contributed by atoms with Gasteiger partial charge in [-0.1, -0.05) is 6.92 Å². The van der Waals surface area contributed by atoms with E-state index in [1.165, 1.54) is 21.9 Å². The van der Waals surface area contributed by atoms with Gasteiger partial charge in [0.1, 0.15) is 0 Å². The molecule has 0 fully saturated rings. The van der Waals surface area contributed by atoms with Crippen molar-refractivity contribution >= 4 is 23.1 Å². The van der Waals surface area contributed by atoms with Gasteiger partial charge >= 0.3 is 0 Å². The highest BCUT2D eigenvalue weighted by atomic mass is 32.2. The number of nitrogens with two attached hydrogens (primary N) is 1. The van der Waals surface area contributed by atoms with Gasteiger partial charge in [-0.3, -0.25) is 0 Å². The lowest BCUT2D eigenvalue weighted by molar-refractivity contribution is 0.954. The smallest absolute Gasteiger partial charge is 0.0513 e. The van der Waals surface area contributed by atoms with Crippen molar-refractivity contribution in [1.29, 1.82) is 0 Å². The summed E-state index contributed by atoms with van der Waals surface area (Å²) >= 11 is 3.84. The summed E-state index contributed by atoms with van der Waals surface area (Å²) in [7, 11) is 0. The zero-order valence-corrected chi connectivity index (χ0v) is 9.88. The van der Waals surface area contributed by atoms with Crippen molar-refractivity contribution in [2.45, 2.75) is 25.5 Å². The van der Waals surface area contributed by atoms with Crippen molar-refractivity contribution in [3.63, 3.8) is 0 Å². The molecule has 0 saturated carbocycles. The van der Waals surface area contributed by atoms with Gasteiger partial charge in [0.2, 0.25) is 0 Å². The number of rotatable bonds is 5. The lowest BCUT2D eigenvalue weighted by Crippen LogP contribution is -2.08. The molecule has 3 heteroatoms. The molecule has 1 heterocycles. The van der Waals surface area contributed by atoms with E-state index in [0.717, 1.165) is 6.54 Å². The van der Waals surface area contributed by atoms with Crippen LogP contribution >= 0.6 is 23.1 Å². The van der Waals surface area contributed by atoms with E-state index in [-0.39, 0.29) is 0 Å². The van der Waals surface area contributed by atoms with Gasteiger partial charge in [-0.25, -0.2) is 0 Å². The quantitative estimate of drug-likeness (QED) is 0.816. The minimum absolute atomic E-state index is 0.513. The van der Waals surface area contributed by atoms with Crippen LogP contribution in [0.1, 0.15) is 28.3 Å². The van der Waals surface area contributed by atoms with Crippen molar-refractivity contribution in [3.8, 4) is 0 Å². The largest absolute Gasteiger partial charge is 0.329 e. The van der Waals surface area contributed by atoms with Gasteiger partial charge in [-0.15, -0.1) is 11.3 Å². The molecule has 1 aromatic rings. The first kappa shape index (κ1) is 11.1. The highest BCUT2D eigenvalue weighted by molar-refractivity contribution is 7.99. The minimum Gasteiger partial charge on any atom is -0.329 e. The number of hydrogen-bond acceptors (Lipinski definition) is 3. The van der Waals surface area contributed by atoms with Crippen LogP contribution in [0.25, 0.3) is 0 Å². The molecule has 0 radical (unpaired) electrons. The molecule has 13 heavy (non-hydrogen) atoms. The highest BCUT2D eigenvalue weighted by Crippen LogP contribution is 2.32. The summed E-state index contributed by atoms with van der Waals surface area (Å²) in [6, 6.07) is 4.38. The molecule has 1 rings (SSSR count). The molecule has 1 unspecified atom stereocenters. The fourth-order valence-electron chi connectivity index (χ4n) is 1.15. The first-order valence-electron chi connectivity index (χ1n) is 4.66. The van der Waals surface area contributed by atoms with Crippen LogP contribution in [0.15, 0.2) is 12.1 Å². The summed E-state index contributed by atoms with van der Waals surface area (Å²) in [5.41, 5.74) is 5.74. The molecule has 0 bridgehead atoms. The summed E-state index contributed by atoms with van der Waals surface area (Å²) in [6.45, 7) is 5.11. The van der Waals surface area contributed by atoms with Gasteiger partial charge in [0.05, 0.1) is 5.25 Å². The molecular formula is C10H17NS2. The van der Waals surface area contributed by atoms with Gasteiger partial charge < -0.3 is 5.73 Å². The van der Waals surface area contributed by atoms with Gasteiger partial charge in [-0.05, 0) is 31.2 Å². The van der Waals surface area contributed by atoms with Gasteiger partial charge in [0.15, 0.2) is 0 Å². The maximum absolute atomic E-state index is 5.74. The SMILES string of the molecule is CCCSC(CN)c1ccc(C)s1. The van der Waals surface area contributed by atoms with Gasteiger partial charge in [0, 0.05) is 16.3 Å². The first-order chi connectivity index (χ1) is 6.27. The zero-order chi connectivity index (χ0) is 9.68. The second kappa shape index (κ2) is 5.68. The Hall–Kier alpha value is 0.01000. The number of hydrogen-bond donors (Lipinski definition) is 1. The monoisotopic (exact) mass is 215 g/mol. The second-order valence-electron chi connectivity index (χ2n) is 3.04. The summed E-state index contributed by atoms with van der Waals surface area (Å²) < 4.78 is 0. The molecule has 74 valence electrons. The average molecular weight is 215 g/mol. The van der Waals surface area contributed by atoms with Crippen molar-refractivity contribution in [3.05, 3.63) is 21.9 Å². The van der Waals surface area contributed by atoms with Crippen LogP contribution in [-0.2, 0) is 0 Å². The van der Waals surface area contributed by atoms with E-state index in [2.05, 4.69) is 26.0 Å². The van der Waals surface area contributed by atoms with Crippen LogP contribution in [0.5, 0.6) is 0 Å². The second-order valence-corrected chi connectivity index (χ2v) is 5.67. The van der Waals surface area contributed by atoms with Crippen LogP contribution in [0, 0.1) is 6.92 Å². The van der Waals surface area contributed by atoms with Gasteiger partial charge in [0.25, 0.3) is 0 Å². The molecule has 0 amide bonds. The fourth-order valence-corrected chi connectivity index (χ4v) is 3.27. The Morgan fingerprint density at radius 3 is 2.77 bits per heavy atom. The Labute approximate surface area is 88.7 Å². The van der Waals surface area contributed by atoms with E-state index >= 15 is 0 Å². The highest BCUT2D eigenvalue weighted by Gasteiger charge is 2.10. The van der Waals surface area contributed by atoms with Crippen molar-refractivity contribution in [2.24, 2.45) is 5.73 Å². The molecular weight excluding hydrogens is 198 g/mol.